The van der Waals surface area contributed by atoms with Crippen LogP contribution in [0, 0.1) is 12.8 Å². The average Bonchev–Trinajstić information content (AvgIpc) is 2.89. The number of benzene rings is 2. The molecule has 2 fully saturated rings. The highest BCUT2D eigenvalue weighted by atomic mass is 32.2. The second-order valence-corrected chi connectivity index (χ2v) is 12.8. The van der Waals surface area contributed by atoms with Crippen molar-refractivity contribution in [2.45, 2.75) is 29.6 Å². The van der Waals surface area contributed by atoms with Crippen LogP contribution < -0.4 is 10.1 Å². The lowest BCUT2D eigenvalue weighted by Crippen LogP contribution is -2.43. The molecule has 4 rings (SSSR count). The van der Waals surface area contributed by atoms with Crippen LogP contribution >= 0.6 is 0 Å². The molecule has 0 radical (unpaired) electrons. The molecule has 2 aromatic carbocycles. The van der Waals surface area contributed by atoms with E-state index in [0.29, 0.717) is 38.3 Å². The maximum Gasteiger partial charge on any atom is 0.243 e. The highest BCUT2D eigenvalue weighted by molar-refractivity contribution is 7.89. The van der Waals surface area contributed by atoms with Gasteiger partial charge in [-0.1, -0.05) is 17.7 Å². The van der Waals surface area contributed by atoms with Gasteiger partial charge in [0.15, 0.2) is 0 Å². The zero-order valence-corrected chi connectivity index (χ0v) is 22.0. The number of nitrogens with one attached hydrogen (secondary N) is 1. The van der Waals surface area contributed by atoms with Crippen LogP contribution in [0.3, 0.4) is 0 Å². The summed E-state index contributed by atoms with van der Waals surface area (Å²) in [5.74, 6) is -0.676. The standard InChI is InChI=1S/C24H31N3O7S2/c1-18-5-7-20(8-6-18)35(29,30)27-11-3-4-19(17-27)24(28)25-22-16-21(9-10-23(22)33-2)36(31,32)26-12-14-34-15-13-26/h5-10,16,19H,3-4,11-15,17H2,1-2H3,(H,25,28). The molecule has 36 heavy (non-hydrogen) atoms. The first kappa shape index (κ1) is 26.6. The van der Waals surface area contributed by atoms with Gasteiger partial charge in [0.2, 0.25) is 26.0 Å². The third kappa shape index (κ3) is 5.57. The van der Waals surface area contributed by atoms with Crippen LogP contribution in [-0.4, -0.2) is 77.9 Å². The Morgan fingerprint density at radius 2 is 1.58 bits per heavy atom. The highest BCUT2D eigenvalue weighted by Crippen LogP contribution is 2.31. The van der Waals surface area contributed by atoms with Gasteiger partial charge >= 0.3 is 0 Å². The quantitative estimate of drug-likeness (QED) is 0.574. The topological polar surface area (TPSA) is 122 Å². The van der Waals surface area contributed by atoms with Crippen LogP contribution in [0.1, 0.15) is 18.4 Å². The molecule has 196 valence electrons. The van der Waals surface area contributed by atoms with Crippen molar-refractivity contribution in [3.8, 4) is 5.75 Å². The van der Waals surface area contributed by atoms with E-state index in [1.54, 1.807) is 24.3 Å². The number of rotatable bonds is 7. The molecule has 2 aromatic rings. The molecule has 1 atom stereocenters. The summed E-state index contributed by atoms with van der Waals surface area (Å²) in [6.45, 7) is 3.40. The van der Waals surface area contributed by atoms with E-state index >= 15 is 0 Å². The van der Waals surface area contributed by atoms with Gasteiger partial charge < -0.3 is 14.8 Å². The maximum atomic E-state index is 13.2. The lowest BCUT2D eigenvalue weighted by molar-refractivity contribution is -0.120. The molecule has 2 aliphatic heterocycles. The molecule has 0 saturated carbocycles. The fourth-order valence-electron chi connectivity index (χ4n) is 4.35. The molecular weight excluding hydrogens is 506 g/mol. The number of amides is 1. The number of ether oxygens (including phenoxy) is 2. The van der Waals surface area contributed by atoms with Gasteiger partial charge in [0.25, 0.3) is 0 Å². The van der Waals surface area contributed by atoms with Crippen LogP contribution in [0.2, 0.25) is 0 Å². The Bertz CT molecular complexity index is 1310. The molecule has 0 aliphatic carbocycles. The minimum absolute atomic E-state index is 0.0349. The molecule has 0 spiro atoms. The number of carbonyl (C=O) groups is 1. The Morgan fingerprint density at radius 3 is 2.25 bits per heavy atom. The minimum Gasteiger partial charge on any atom is -0.495 e. The van der Waals surface area contributed by atoms with Crippen LogP contribution in [0.5, 0.6) is 5.75 Å². The first-order valence-corrected chi connectivity index (χ1v) is 14.6. The van der Waals surface area contributed by atoms with Crippen molar-refractivity contribution in [2.75, 3.05) is 51.8 Å². The summed E-state index contributed by atoms with van der Waals surface area (Å²) >= 11 is 0. The van der Waals surface area contributed by atoms with Gasteiger partial charge in [-0.2, -0.15) is 8.61 Å². The molecule has 0 bridgehead atoms. The van der Waals surface area contributed by atoms with Crippen molar-refractivity contribution < 1.29 is 31.1 Å². The van der Waals surface area contributed by atoms with Crippen molar-refractivity contribution in [3.63, 3.8) is 0 Å². The molecule has 1 N–H and O–H groups in total. The predicted octanol–water partition coefficient (Wildman–Crippen LogP) is 2.06. The number of nitrogens with zero attached hydrogens (tertiary/aromatic N) is 2. The first-order valence-electron chi connectivity index (χ1n) is 11.8. The van der Waals surface area contributed by atoms with E-state index in [9.17, 15) is 21.6 Å². The molecule has 2 aliphatic rings. The van der Waals surface area contributed by atoms with E-state index in [4.69, 9.17) is 9.47 Å². The molecule has 0 aromatic heterocycles. The molecule has 1 amide bonds. The molecule has 1 unspecified atom stereocenters. The number of aryl methyl sites for hydroxylation is 1. The van der Waals surface area contributed by atoms with E-state index in [1.807, 2.05) is 6.92 Å². The second-order valence-electron chi connectivity index (χ2n) is 8.88. The van der Waals surface area contributed by atoms with Crippen molar-refractivity contribution in [3.05, 3.63) is 48.0 Å². The summed E-state index contributed by atoms with van der Waals surface area (Å²) in [6, 6.07) is 10.9. The summed E-state index contributed by atoms with van der Waals surface area (Å²) < 4.78 is 65.7. The average molecular weight is 538 g/mol. The fraction of sp³-hybridized carbons (Fsp3) is 0.458. The zero-order chi connectivity index (χ0) is 25.9. The van der Waals surface area contributed by atoms with Gasteiger partial charge in [-0.3, -0.25) is 4.79 Å². The summed E-state index contributed by atoms with van der Waals surface area (Å²) in [4.78, 5) is 13.4. The largest absolute Gasteiger partial charge is 0.495 e. The van der Waals surface area contributed by atoms with E-state index in [2.05, 4.69) is 5.32 Å². The Hall–Kier alpha value is -2.51. The van der Waals surface area contributed by atoms with Gasteiger partial charge in [0.05, 0.1) is 41.7 Å². The summed E-state index contributed by atoms with van der Waals surface area (Å²) in [5.41, 5.74) is 1.17. The normalized spacial score (nSPS) is 20.1. The molecule has 10 nitrogen and oxygen atoms in total. The Labute approximate surface area is 212 Å². The second kappa shape index (κ2) is 10.9. The Morgan fingerprint density at radius 1 is 0.944 bits per heavy atom. The lowest BCUT2D eigenvalue weighted by atomic mass is 9.98. The van der Waals surface area contributed by atoms with E-state index in [-0.39, 0.29) is 35.1 Å². The van der Waals surface area contributed by atoms with Crippen LogP contribution in [0.4, 0.5) is 5.69 Å². The molecule has 2 saturated heterocycles. The van der Waals surface area contributed by atoms with Gasteiger partial charge in [0.1, 0.15) is 5.75 Å². The predicted molar refractivity (Wildman–Crippen MR) is 134 cm³/mol. The number of methoxy groups -OCH3 is 1. The summed E-state index contributed by atoms with van der Waals surface area (Å²) in [7, 11) is -6.08. The van der Waals surface area contributed by atoms with Gasteiger partial charge in [-0.25, -0.2) is 16.8 Å². The van der Waals surface area contributed by atoms with Crippen molar-refractivity contribution in [1.29, 1.82) is 0 Å². The Kier molecular flexibility index (Phi) is 8.00. The Balaban J connectivity index is 1.52. The zero-order valence-electron chi connectivity index (χ0n) is 20.3. The molecular formula is C24H31N3O7S2. The van der Waals surface area contributed by atoms with Gasteiger partial charge in [-0.05, 0) is 50.1 Å². The number of sulfonamides is 2. The minimum atomic E-state index is -3.77. The third-order valence-corrected chi connectivity index (χ3v) is 10.2. The number of anilines is 1. The van der Waals surface area contributed by atoms with Gasteiger partial charge in [0, 0.05) is 26.2 Å². The van der Waals surface area contributed by atoms with Crippen molar-refractivity contribution in [2.24, 2.45) is 5.92 Å². The molecule has 12 heteroatoms. The van der Waals surface area contributed by atoms with Crippen molar-refractivity contribution >= 4 is 31.6 Å². The fourth-order valence-corrected chi connectivity index (χ4v) is 7.31. The number of carbonyl (C=O) groups excluding carboxylic acids is 1. The van der Waals surface area contributed by atoms with E-state index in [0.717, 1.165) is 5.56 Å². The number of hydrogen-bond donors (Lipinski definition) is 1. The summed E-state index contributed by atoms with van der Waals surface area (Å²) in [5, 5.41) is 2.77. The SMILES string of the molecule is COc1ccc(S(=O)(=O)N2CCOCC2)cc1NC(=O)C1CCCN(S(=O)(=O)c2ccc(C)cc2)C1. The van der Waals surface area contributed by atoms with Gasteiger partial charge in [-0.15, -0.1) is 0 Å². The smallest absolute Gasteiger partial charge is 0.243 e. The third-order valence-electron chi connectivity index (χ3n) is 6.45. The van der Waals surface area contributed by atoms with E-state index in [1.165, 1.54) is 33.9 Å². The van der Waals surface area contributed by atoms with Crippen LogP contribution in [0.15, 0.2) is 52.3 Å². The summed E-state index contributed by atoms with van der Waals surface area (Å²) in [6.07, 6.45) is 1.05. The monoisotopic (exact) mass is 537 g/mol. The van der Waals surface area contributed by atoms with Crippen molar-refractivity contribution in [1.82, 2.24) is 8.61 Å². The number of morpholine rings is 1. The van der Waals surface area contributed by atoms with E-state index < -0.39 is 31.9 Å². The maximum absolute atomic E-state index is 13.2. The number of piperidine rings is 1. The van der Waals surface area contributed by atoms with Crippen LogP contribution in [0.25, 0.3) is 0 Å². The number of hydrogen-bond acceptors (Lipinski definition) is 7. The lowest BCUT2D eigenvalue weighted by Gasteiger charge is -2.31. The molecule has 2 heterocycles. The first-order chi connectivity index (χ1) is 17.1. The van der Waals surface area contributed by atoms with Crippen LogP contribution in [-0.2, 0) is 29.6 Å². The highest BCUT2D eigenvalue weighted by Gasteiger charge is 2.34.